The second-order valence-corrected chi connectivity index (χ2v) is 5.43. The minimum atomic E-state index is 0.545. The van der Waals surface area contributed by atoms with Gasteiger partial charge in [0, 0.05) is 0 Å². The van der Waals surface area contributed by atoms with Crippen molar-refractivity contribution in [3.05, 3.63) is 0 Å². The van der Waals surface area contributed by atoms with Gasteiger partial charge in [-0.2, -0.15) is 0 Å². The molecule has 0 radical (unpaired) electrons. The van der Waals surface area contributed by atoms with E-state index in [9.17, 15) is 0 Å². The summed E-state index contributed by atoms with van der Waals surface area (Å²) in [7, 11) is 0. The van der Waals surface area contributed by atoms with Gasteiger partial charge in [0.25, 0.3) is 0 Å². The summed E-state index contributed by atoms with van der Waals surface area (Å²) in [5, 5.41) is 0. The molecule has 1 aliphatic carbocycles. The third-order valence-corrected chi connectivity index (χ3v) is 2.91. The fourth-order valence-electron chi connectivity index (χ4n) is 2.31. The van der Waals surface area contributed by atoms with Crippen molar-refractivity contribution in [1.82, 2.24) is 0 Å². The highest BCUT2D eigenvalue weighted by Crippen LogP contribution is 2.38. The van der Waals surface area contributed by atoms with Gasteiger partial charge >= 0.3 is 0 Å². The average molecular weight is 154 g/mol. The molecule has 0 heterocycles. The molecule has 0 N–H and O–H groups in total. The summed E-state index contributed by atoms with van der Waals surface area (Å²) in [6.45, 7) is 9.50. The first-order valence-electron chi connectivity index (χ1n) is 4.99. The topological polar surface area (TPSA) is 0 Å². The van der Waals surface area contributed by atoms with E-state index in [0.29, 0.717) is 5.41 Å². The van der Waals surface area contributed by atoms with Crippen molar-refractivity contribution in [3.63, 3.8) is 0 Å². The van der Waals surface area contributed by atoms with Gasteiger partial charge in [-0.15, -0.1) is 0 Å². The second-order valence-electron chi connectivity index (χ2n) is 5.43. The quantitative estimate of drug-likeness (QED) is 0.538. The molecule has 0 heteroatoms. The van der Waals surface area contributed by atoms with Gasteiger partial charge in [0.1, 0.15) is 0 Å². The highest BCUT2D eigenvalue weighted by atomic mass is 14.3. The van der Waals surface area contributed by atoms with Crippen molar-refractivity contribution in [3.8, 4) is 0 Å². The predicted octanol–water partition coefficient (Wildman–Crippen LogP) is 3.86. The molecule has 1 rings (SSSR count). The Hall–Kier alpha value is 0. The van der Waals surface area contributed by atoms with Gasteiger partial charge in [0.15, 0.2) is 0 Å². The Labute approximate surface area is 71.4 Å². The molecule has 0 aromatic rings. The minimum Gasteiger partial charge on any atom is -0.0622 e. The van der Waals surface area contributed by atoms with Gasteiger partial charge in [0.2, 0.25) is 0 Å². The third kappa shape index (κ3) is 2.84. The smallest absolute Gasteiger partial charge is 0.0380 e. The van der Waals surface area contributed by atoms with Crippen LogP contribution in [0.25, 0.3) is 0 Å². The summed E-state index contributed by atoms with van der Waals surface area (Å²) in [5.41, 5.74) is 0.545. The van der Waals surface area contributed by atoms with Gasteiger partial charge in [-0.3, -0.25) is 0 Å². The molecule has 66 valence electrons. The zero-order chi connectivity index (χ0) is 8.48. The van der Waals surface area contributed by atoms with E-state index < -0.39 is 0 Å². The molecule has 0 spiro atoms. The Balaban J connectivity index is 2.37. The van der Waals surface area contributed by atoms with Gasteiger partial charge in [-0.05, 0) is 23.7 Å². The molecular weight excluding hydrogens is 132 g/mol. The van der Waals surface area contributed by atoms with Gasteiger partial charge < -0.3 is 0 Å². The molecule has 1 aliphatic rings. The van der Waals surface area contributed by atoms with Crippen LogP contribution in [0.5, 0.6) is 0 Å². The van der Waals surface area contributed by atoms with Crippen molar-refractivity contribution in [1.29, 1.82) is 0 Å². The van der Waals surface area contributed by atoms with E-state index in [1.807, 2.05) is 0 Å². The van der Waals surface area contributed by atoms with E-state index in [4.69, 9.17) is 0 Å². The monoisotopic (exact) mass is 154 g/mol. The Morgan fingerprint density at radius 2 is 1.82 bits per heavy atom. The lowest BCUT2D eigenvalue weighted by atomic mass is 9.81. The van der Waals surface area contributed by atoms with Crippen LogP contribution in [0.15, 0.2) is 0 Å². The highest BCUT2D eigenvalue weighted by Gasteiger charge is 2.27. The molecule has 0 aliphatic heterocycles. The van der Waals surface area contributed by atoms with Crippen LogP contribution in [0.1, 0.15) is 53.4 Å². The summed E-state index contributed by atoms with van der Waals surface area (Å²) in [6.07, 6.45) is 5.86. The Morgan fingerprint density at radius 1 is 1.18 bits per heavy atom. The molecule has 0 amide bonds. The molecule has 0 bridgehead atoms. The SMILES string of the molecule is CC1CCCC1CC(C)(C)C. The van der Waals surface area contributed by atoms with Crippen molar-refractivity contribution in [2.75, 3.05) is 0 Å². The summed E-state index contributed by atoms with van der Waals surface area (Å²) >= 11 is 0. The van der Waals surface area contributed by atoms with Crippen LogP contribution in [0.2, 0.25) is 0 Å². The first kappa shape index (κ1) is 9.09. The Kier molecular flexibility index (Phi) is 2.61. The van der Waals surface area contributed by atoms with E-state index in [-0.39, 0.29) is 0 Å². The average Bonchev–Trinajstić information content (AvgIpc) is 2.12. The standard InChI is InChI=1S/C11H22/c1-9-6-5-7-10(9)8-11(2,3)4/h9-10H,5-8H2,1-4H3. The maximum Gasteiger partial charge on any atom is -0.0380 e. The Morgan fingerprint density at radius 3 is 2.18 bits per heavy atom. The normalized spacial score (nSPS) is 32.7. The molecular formula is C11H22. The fraction of sp³-hybridized carbons (Fsp3) is 1.00. The summed E-state index contributed by atoms with van der Waals surface area (Å²) in [4.78, 5) is 0. The first-order valence-corrected chi connectivity index (χ1v) is 4.99. The zero-order valence-electron chi connectivity index (χ0n) is 8.48. The van der Waals surface area contributed by atoms with Crippen LogP contribution in [-0.4, -0.2) is 0 Å². The van der Waals surface area contributed by atoms with E-state index >= 15 is 0 Å². The van der Waals surface area contributed by atoms with E-state index in [1.54, 1.807) is 0 Å². The molecule has 0 nitrogen and oxygen atoms in total. The molecule has 0 saturated heterocycles. The van der Waals surface area contributed by atoms with Crippen LogP contribution in [0.3, 0.4) is 0 Å². The molecule has 2 atom stereocenters. The lowest BCUT2D eigenvalue weighted by Gasteiger charge is -2.25. The van der Waals surface area contributed by atoms with Gasteiger partial charge in [-0.1, -0.05) is 47.0 Å². The summed E-state index contributed by atoms with van der Waals surface area (Å²) < 4.78 is 0. The highest BCUT2D eigenvalue weighted by molar-refractivity contribution is 4.78. The van der Waals surface area contributed by atoms with Crippen molar-refractivity contribution in [2.45, 2.75) is 53.4 Å². The second kappa shape index (κ2) is 3.16. The number of hydrogen-bond acceptors (Lipinski definition) is 0. The molecule has 1 fully saturated rings. The van der Waals surface area contributed by atoms with Crippen molar-refractivity contribution >= 4 is 0 Å². The number of rotatable bonds is 1. The maximum atomic E-state index is 2.42. The van der Waals surface area contributed by atoms with Crippen molar-refractivity contribution in [2.24, 2.45) is 17.3 Å². The van der Waals surface area contributed by atoms with E-state index in [1.165, 1.54) is 25.7 Å². The first-order chi connectivity index (χ1) is 4.99. The van der Waals surface area contributed by atoms with Crippen molar-refractivity contribution < 1.29 is 0 Å². The predicted molar refractivity (Wildman–Crippen MR) is 50.6 cm³/mol. The van der Waals surface area contributed by atoms with Crippen LogP contribution in [0, 0.1) is 17.3 Å². The maximum absolute atomic E-state index is 2.42. The van der Waals surface area contributed by atoms with Gasteiger partial charge in [-0.25, -0.2) is 0 Å². The van der Waals surface area contributed by atoms with Crippen LogP contribution >= 0.6 is 0 Å². The van der Waals surface area contributed by atoms with E-state index in [0.717, 1.165) is 11.8 Å². The number of hydrogen-bond donors (Lipinski definition) is 0. The molecule has 0 aromatic carbocycles. The molecule has 1 saturated carbocycles. The molecule has 11 heavy (non-hydrogen) atoms. The zero-order valence-corrected chi connectivity index (χ0v) is 8.48. The fourth-order valence-corrected chi connectivity index (χ4v) is 2.31. The van der Waals surface area contributed by atoms with Crippen LogP contribution in [-0.2, 0) is 0 Å². The Bertz CT molecular complexity index is 118. The van der Waals surface area contributed by atoms with Crippen LogP contribution < -0.4 is 0 Å². The third-order valence-electron chi connectivity index (χ3n) is 2.91. The molecule has 0 aromatic heterocycles. The molecule has 2 unspecified atom stereocenters. The minimum absolute atomic E-state index is 0.545. The van der Waals surface area contributed by atoms with Gasteiger partial charge in [0.05, 0.1) is 0 Å². The lowest BCUT2D eigenvalue weighted by Crippen LogP contribution is -2.14. The lowest BCUT2D eigenvalue weighted by molar-refractivity contribution is 0.258. The van der Waals surface area contributed by atoms with E-state index in [2.05, 4.69) is 27.7 Å². The van der Waals surface area contributed by atoms with Crippen LogP contribution in [0.4, 0.5) is 0 Å². The largest absolute Gasteiger partial charge is 0.0622 e. The summed E-state index contributed by atoms with van der Waals surface area (Å²) in [6, 6.07) is 0. The summed E-state index contributed by atoms with van der Waals surface area (Å²) in [5.74, 6) is 2.02.